The standard InChI is InChI=1S/C27H31BrN2O2/c1-19(26(32)29-27(2,3)4)30(18-20-9-7-13-23(28)17-20)25(31)16-15-22-12-8-11-21-10-5-6-14-24(21)22/h5-14,17,19H,15-16,18H2,1-4H3,(H,29,32)/t19-/m1/s1. The van der Waals surface area contributed by atoms with Gasteiger partial charge in [0, 0.05) is 23.0 Å². The number of carbonyl (C=O) groups is 2. The first-order valence-corrected chi connectivity index (χ1v) is 11.8. The maximum atomic E-state index is 13.4. The van der Waals surface area contributed by atoms with E-state index in [1.165, 1.54) is 10.8 Å². The summed E-state index contributed by atoms with van der Waals surface area (Å²) in [4.78, 5) is 28.0. The van der Waals surface area contributed by atoms with Gasteiger partial charge >= 0.3 is 0 Å². The van der Waals surface area contributed by atoms with Gasteiger partial charge in [-0.25, -0.2) is 0 Å². The Morgan fingerprint density at radius 1 is 1.00 bits per heavy atom. The normalized spacial score (nSPS) is 12.4. The number of benzene rings is 3. The molecule has 0 unspecified atom stereocenters. The smallest absolute Gasteiger partial charge is 0.242 e. The maximum absolute atomic E-state index is 13.4. The highest BCUT2D eigenvalue weighted by Gasteiger charge is 2.28. The average molecular weight is 495 g/mol. The zero-order valence-corrected chi connectivity index (χ0v) is 20.8. The lowest BCUT2D eigenvalue weighted by atomic mass is 10.0. The van der Waals surface area contributed by atoms with E-state index in [1.807, 2.05) is 63.2 Å². The van der Waals surface area contributed by atoms with Gasteiger partial charge in [-0.1, -0.05) is 70.5 Å². The molecule has 0 aliphatic heterocycles. The highest BCUT2D eigenvalue weighted by molar-refractivity contribution is 9.10. The van der Waals surface area contributed by atoms with E-state index >= 15 is 0 Å². The topological polar surface area (TPSA) is 49.4 Å². The molecule has 32 heavy (non-hydrogen) atoms. The lowest BCUT2D eigenvalue weighted by molar-refractivity contribution is -0.141. The predicted molar refractivity (Wildman–Crippen MR) is 134 cm³/mol. The van der Waals surface area contributed by atoms with Gasteiger partial charge in [0.2, 0.25) is 11.8 Å². The Kier molecular flexibility index (Phi) is 7.73. The van der Waals surface area contributed by atoms with Crippen molar-refractivity contribution in [2.45, 2.75) is 58.7 Å². The van der Waals surface area contributed by atoms with Crippen LogP contribution in [0.4, 0.5) is 0 Å². The fourth-order valence-electron chi connectivity index (χ4n) is 3.78. The Morgan fingerprint density at radius 3 is 2.41 bits per heavy atom. The van der Waals surface area contributed by atoms with E-state index < -0.39 is 6.04 Å². The number of rotatable bonds is 7. The molecule has 2 amide bonds. The monoisotopic (exact) mass is 494 g/mol. The Hall–Kier alpha value is -2.66. The summed E-state index contributed by atoms with van der Waals surface area (Å²) in [7, 11) is 0. The van der Waals surface area contributed by atoms with Crippen LogP contribution in [0, 0.1) is 0 Å². The molecule has 0 saturated carbocycles. The van der Waals surface area contributed by atoms with Crippen molar-refractivity contribution < 1.29 is 9.59 Å². The largest absolute Gasteiger partial charge is 0.350 e. The van der Waals surface area contributed by atoms with Gasteiger partial charge in [0.15, 0.2) is 0 Å². The molecule has 1 atom stereocenters. The van der Waals surface area contributed by atoms with Crippen LogP contribution in [-0.2, 0) is 22.6 Å². The van der Waals surface area contributed by atoms with Crippen LogP contribution in [0.3, 0.4) is 0 Å². The van der Waals surface area contributed by atoms with Crippen LogP contribution in [0.15, 0.2) is 71.2 Å². The second-order valence-electron chi connectivity index (χ2n) is 9.21. The summed E-state index contributed by atoms with van der Waals surface area (Å²) in [5, 5.41) is 5.34. The summed E-state index contributed by atoms with van der Waals surface area (Å²) in [6.45, 7) is 8.01. The van der Waals surface area contributed by atoms with Crippen molar-refractivity contribution in [1.82, 2.24) is 10.2 Å². The second-order valence-corrected chi connectivity index (χ2v) is 10.1. The lowest BCUT2D eigenvalue weighted by Crippen LogP contribution is -2.52. The molecule has 0 heterocycles. The Balaban J connectivity index is 1.81. The Morgan fingerprint density at radius 2 is 1.69 bits per heavy atom. The van der Waals surface area contributed by atoms with Gasteiger partial charge in [-0.15, -0.1) is 0 Å². The third-order valence-corrected chi connectivity index (χ3v) is 5.89. The highest BCUT2D eigenvalue weighted by Crippen LogP contribution is 2.21. The number of carbonyl (C=O) groups excluding carboxylic acids is 2. The molecule has 0 bridgehead atoms. The van der Waals surface area contributed by atoms with E-state index in [0.717, 1.165) is 15.6 Å². The molecule has 168 valence electrons. The molecule has 4 nitrogen and oxygen atoms in total. The van der Waals surface area contributed by atoms with Crippen LogP contribution in [0.25, 0.3) is 10.8 Å². The number of hydrogen-bond donors (Lipinski definition) is 1. The van der Waals surface area contributed by atoms with Crippen molar-refractivity contribution >= 4 is 38.5 Å². The minimum Gasteiger partial charge on any atom is -0.350 e. The molecule has 1 N–H and O–H groups in total. The minimum absolute atomic E-state index is 0.0329. The van der Waals surface area contributed by atoms with Gasteiger partial charge in [-0.2, -0.15) is 0 Å². The SMILES string of the molecule is C[C@H](C(=O)NC(C)(C)C)N(Cc1cccc(Br)c1)C(=O)CCc1cccc2ccccc12. The molecule has 3 aromatic rings. The molecule has 0 aliphatic rings. The van der Waals surface area contributed by atoms with Crippen molar-refractivity contribution in [3.05, 3.63) is 82.3 Å². The summed E-state index contributed by atoms with van der Waals surface area (Å²) >= 11 is 3.50. The molecule has 3 aromatic carbocycles. The third kappa shape index (κ3) is 6.42. The first kappa shape index (κ1) is 24.0. The maximum Gasteiger partial charge on any atom is 0.242 e. The van der Waals surface area contributed by atoms with Crippen molar-refractivity contribution in [2.75, 3.05) is 0 Å². The number of halogens is 1. The molecule has 3 rings (SSSR count). The Labute approximate surface area is 199 Å². The molecule has 0 spiro atoms. The van der Waals surface area contributed by atoms with E-state index in [-0.39, 0.29) is 17.4 Å². The molecule has 5 heteroatoms. The molecule has 0 aliphatic carbocycles. The second kappa shape index (κ2) is 10.3. The number of aryl methyl sites for hydroxylation is 1. The van der Waals surface area contributed by atoms with Crippen LogP contribution in [0.2, 0.25) is 0 Å². The van der Waals surface area contributed by atoms with E-state index in [2.05, 4.69) is 45.5 Å². The van der Waals surface area contributed by atoms with Crippen molar-refractivity contribution in [3.8, 4) is 0 Å². The van der Waals surface area contributed by atoms with Crippen molar-refractivity contribution in [2.24, 2.45) is 0 Å². The predicted octanol–water partition coefficient (Wildman–Crippen LogP) is 5.87. The summed E-state index contributed by atoms with van der Waals surface area (Å²) in [5.41, 5.74) is 1.76. The van der Waals surface area contributed by atoms with Crippen molar-refractivity contribution in [1.29, 1.82) is 0 Å². The van der Waals surface area contributed by atoms with Crippen LogP contribution in [0.1, 0.15) is 45.2 Å². The van der Waals surface area contributed by atoms with Crippen LogP contribution in [-0.4, -0.2) is 28.3 Å². The summed E-state index contributed by atoms with van der Waals surface area (Å²) < 4.78 is 0.949. The summed E-state index contributed by atoms with van der Waals surface area (Å²) in [5.74, 6) is -0.180. The molecular weight excluding hydrogens is 464 g/mol. The Bertz CT molecular complexity index is 1100. The molecule has 0 aromatic heterocycles. The van der Waals surface area contributed by atoms with Gasteiger partial charge in [0.25, 0.3) is 0 Å². The van der Waals surface area contributed by atoms with E-state index in [9.17, 15) is 9.59 Å². The van der Waals surface area contributed by atoms with E-state index in [4.69, 9.17) is 0 Å². The summed E-state index contributed by atoms with van der Waals surface area (Å²) in [6.07, 6.45) is 0.970. The number of nitrogens with one attached hydrogen (secondary N) is 1. The average Bonchev–Trinajstić information content (AvgIpc) is 2.74. The van der Waals surface area contributed by atoms with Gasteiger partial charge < -0.3 is 10.2 Å². The molecular formula is C27H31BrN2O2. The minimum atomic E-state index is -0.576. The summed E-state index contributed by atoms with van der Waals surface area (Å²) in [6, 6.07) is 21.7. The number of fused-ring (bicyclic) bond motifs is 1. The van der Waals surface area contributed by atoms with Gasteiger partial charge in [0.1, 0.15) is 6.04 Å². The van der Waals surface area contributed by atoms with E-state index in [0.29, 0.717) is 19.4 Å². The number of amides is 2. The van der Waals surface area contributed by atoms with Crippen LogP contribution < -0.4 is 5.32 Å². The van der Waals surface area contributed by atoms with E-state index in [1.54, 1.807) is 11.8 Å². The third-order valence-electron chi connectivity index (χ3n) is 5.40. The zero-order valence-electron chi connectivity index (χ0n) is 19.2. The number of nitrogens with zero attached hydrogens (tertiary/aromatic N) is 1. The van der Waals surface area contributed by atoms with Crippen molar-refractivity contribution in [3.63, 3.8) is 0 Å². The number of hydrogen-bond acceptors (Lipinski definition) is 2. The quantitative estimate of drug-likeness (QED) is 0.446. The molecule has 0 radical (unpaired) electrons. The van der Waals surface area contributed by atoms with Gasteiger partial charge in [0.05, 0.1) is 0 Å². The molecule has 0 fully saturated rings. The van der Waals surface area contributed by atoms with Gasteiger partial charge in [-0.3, -0.25) is 9.59 Å². The lowest BCUT2D eigenvalue weighted by Gasteiger charge is -2.31. The highest BCUT2D eigenvalue weighted by atomic mass is 79.9. The molecule has 0 saturated heterocycles. The first-order valence-electron chi connectivity index (χ1n) is 11.0. The van der Waals surface area contributed by atoms with Gasteiger partial charge in [-0.05, 0) is 68.1 Å². The first-order chi connectivity index (χ1) is 15.1. The fourth-order valence-corrected chi connectivity index (χ4v) is 4.23. The fraction of sp³-hybridized carbons (Fsp3) is 0.333. The zero-order chi connectivity index (χ0) is 23.3. The van der Waals surface area contributed by atoms with Crippen LogP contribution >= 0.6 is 15.9 Å². The van der Waals surface area contributed by atoms with Crippen LogP contribution in [0.5, 0.6) is 0 Å².